The molecule has 76 valence electrons. The van der Waals surface area contributed by atoms with Gasteiger partial charge < -0.3 is 5.73 Å². The Labute approximate surface area is 82.2 Å². The molecule has 0 atom stereocenters. The summed E-state index contributed by atoms with van der Waals surface area (Å²) in [6.45, 7) is 0.420. The SMILES string of the molecule is NC/C=C/c1ccccc1CC(F)F. The van der Waals surface area contributed by atoms with Crippen molar-refractivity contribution in [2.75, 3.05) is 6.54 Å². The summed E-state index contributed by atoms with van der Waals surface area (Å²) >= 11 is 0. The summed E-state index contributed by atoms with van der Waals surface area (Å²) in [5, 5.41) is 0. The van der Waals surface area contributed by atoms with Gasteiger partial charge in [0.05, 0.1) is 0 Å². The van der Waals surface area contributed by atoms with Gasteiger partial charge in [-0.15, -0.1) is 0 Å². The third-order valence-corrected chi connectivity index (χ3v) is 1.86. The molecule has 3 heteroatoms. The van der Waals surface area contributed by atoms with Crippen molar-refractivity contribution in [3.05, 3.63) is 41.5 Å². The molecule has 14 heavy (non-hydrogen) atoms. The third kappa shape index (κ3) is 3.26. The normalized spacial score (nSPS) is 11.4. The van der Waals surface area contributed by atoms with Gasteiger partial charge in [0.1, 0.15) is 0 Å². The molecule has 0 fully saturated rings. The van der Waals surface area contributed by atoms with Crippen molar-refractivity contribution in [1.82, 2.24) is 0 Å². The average Bonchev–Trinajstić information content (AvgIpc) is 2.16. The van der Waals surface area contributed by atoms with E-state index in [1.165, 1.54) is 0 Å². The van der Waals surface area contributed by atoms with Crippen molar-refractivity contribution >= 4 is 6.08 Å². The molecular formula is C11H13F2N. The highest BCUT2D eigenvalue weighted by atomic mass is 19.3. The van der Waals surface area contributed by atoms with Gasteiger partial charge in [0.2, 0.25) is 6.43 Å². The van der Waals surface area contributed by atoms with Gasteiger partial charge in [-0.2, -0.15) is 0 Å². The second-order valence-electron chi connectivity index (χ2n) is 2.93. The van der Waals surface area contributed by atoms with Crippen molar-refractivity contribution in [3.63, 3.8) is 0 Å². The fourth-order valence-electron chi connectivity index (χ4n) is 1.24. The summed E-state index contributed by atoms with van der Waals surface area (Å²) in [5.41, 5.74) is 6.77. The minimum atomic E-state index is -2.30. The topological polar surface area (TPSA) is 26.0 Å². The van der Waals surface area contributed by atoms with E-state index in [2.05, 4.69) is 0 Å². The molecule has 0 aliphatic carbocycles. The van der Waals surface area contributed by atoms with E-state index < -0.39 is 6.43 Å². The number of halogens is 2. The molecule has 1 aromatic rings. The van der Waals surface area contributed by atoms with Crippen LogP contribution >= 0.6 is 0 Å². The molecule has 0 aromatic heterocycles. The van der Waals surface area contributed by atoms with Crippen LogP contribution in [0.1, 0.15) is 11.1 Å². The van der Waals surface area contributed by atoms with Gasteiger partial charge in [0, 0.05) is 13.0 Å². The predicted molar refractivity (Wildman–Crippen MR) is 54.2 cm³/mol. The number of rotatable bonds is 4. The Kier molecular flexibility index (Phi) is 4.26. The summed E-state index contributed by atoms with van der Waals surface area (Å²) in [4.78, 5) is 0. The lowest BCUT2D eigenvalue weighted by Crippen LogP contribution is -1.99. The van der Waals surface area contributed by atoms with Crippen LogP contribution in [0.25, 0.3) is 6.08 Å². The van der Waals surface area contributed by atoms with Crippen molar-refractivity contribution in [2.24, 2.45) is 5.73 Å². The Bertz CT molecular complexity index is 308. The summed E-state index contributed by atoms with van der Waals surface area (Å²) in [5.74, 6) is 0. The highest BCUT2D eigenvalue weighted by Crippen LogP contribution is 2.14. The highest BCUT2D eigenvalue weighted by Gasteiger charge is 2.06. The van der Waals surface area contributed by atoms with Gasteiger partial charge in [0.15, 0.2) is 0 Å². The Morgan fingerprint density at radius 3 is 2.64 bits per heavy atom. The fourth-order valence-corrected chi connectivity index (χ4v) is 1.24. The van der Waals surface area contributed by atoms with Crippen LogP contribution in [0, 0.1) is 0 Å². The first-order chi connectivity index (χ1) is 6.74. The zero-order chi connectivity index (χ0) is 10.4. The highest BCUT2D eigenvalue weighted by molar-refractivity contribution is 5.53. The number of benzene rings is 1. The van der Waals surface area contributed by atoms with Crippen molar-refractivity contribution in [1.29, 1.82) is 0 Å². The van der Waals surface area contributed by atoms with E-state index in [4.69, 9.17) is 5.73 Å². The monoisotopic (exact) mass is 197 g/mol. The van der Waals surface area contributed by atoms with Gasteiger partial charge in [-0.3, -0.25) is 0 Å². The van der Waals surface area contributed by atoms with E-state index >= 15 is 0 Å². The van der Waals surface area contributed by atoms with Crippen molar-refractivity contribution < 1.29 is 8.78 Å². The predicted octanol–water partition coefficient (Wildman–Crippen LogP) is 2.47. The molecule has 0 amide bonds. The first kappa shape index (κ1) is 10.9. The van der Waals surface area contributed by atoms with Crippen LogP contribution in [0.15, 0.2) is 30.3 Å². The molecule has 0 aliphatic heterocycles. The molecule has 0 spiro atoms. The van der Waals surface area contributed by atoms with Crippen molar-refractivity contribution in [3.8, 4) is 0 Å². The van der Waals surface area contributed by atoms with E-state index in [0.717, 1.165) is 5.56 Å². The molecular weight excluding hydrogens is 184 g/mol. The second-order valence-corrected chi connectivity index (χ2v) is 2.93. The zero-order valence-corrected chi connectivity index (χ0v) is 7.79. The Hall–Kier alpha value is -1.22. The molecule has 2 N–H and O–H groups in total. The number of alkyl halides is 2. The van der Waals surface area contributed by atoms with Gasteiger partial charge in [0.25, 0.3) is 0 Å². The summed E-state index contributed by atoms with van der Waals surface area (Å²) in [6, 6.07) is 7.11. The van der Waals surface area contributed by atoms with Gasteiger partial charge in [-0.1, -0.05) is 36.4 Å². The third-order valence-electron chi connectivity index (χ3n) is 1.86. The van der Waals surface area contributed by atoms with Crippen LogP contribution in [0.2, 0.25) is 0 Å². The summed E-state index contributed by atoms with van der Waals surface area (Å²) < 4.78 is 24.3. The fraction of sp³-hybridized carbons (Fsp3) is 0.273. The zero-order valence-electron chi connectivity index (χ0n) is 7.79. The van der Waals surface area contributed by atoms with Crippen LogP contribution in [0.4, 0.5) is 8.78 Å². The number of nitrogens with two attached hydrogens (primary N) is 1. The molecule has 0 radical (unpaired) electrons. The van der Waals surface area contributed by atoms with E-state index in [-0.39, 0.29) is 6.42 Å². The number of hydrogen-bond acceptors (Lipinski definition) is 1. The Morgan fingerprint density at radius 2 is 2.00 bits per heavy atom. The molecule has 0 heterocycles. The van der Waals surface area contributed by atoms with E-state index in [0.29, 0.717) is 12.1 Å². The van der Waals surface area contributed by atoms with Gasteiger partial charge >= 0.3 is 0 Å². The number of hydrogen-bond donors (Lipinski definition) is 1. The maximum atomic E-state index is 12.2. The van der Waals surface area contributed by atoms with Crippen LogP contribution in [-0.2, 0) is 6.42 Å². The average molecular weight is 197 g/mol. The smallest absolute Gasteiger partial charge is 0.242 e. The Balaban J connectivity index is 2.85. The minimum absolute atomic E-state index is 0.203. The summed E-state index contributed by atoms with van der Waals surface area (Å²) in [6.07, 6.45) is 1.02. The quantitative estimate of drug-likeness (QED) is 0.788. The molecule has 0 bridgehead atoms. The van der Waals surface area contributed by atoms with E-state index in [1.807, 2.05) is 12.1 Å². The lowest BCUT2D eigenvalue weighted by Gasteiger charge is -2.04. The van der Waals surface area contributed by atoms with Crippen LogP contribution < -0.4 is 5.73 Å². The van der Waals surface area contributed by atoms with Gasteiger partial charge in [-0.05, 0) is 11.1 Å². The maximum Gasteiger partial charge on any atom is 0.242 e. The van der Waals surface area contributed by atoms with Crippen LogP contribution in [0.5, 0.6) is 0 Å². The van der Waals surface area contributed by atoms with Crippen LogP contribution in [0.3, 0.4) is 0 Å². The molecule has 0 aliphatic rings. The molecule has 0 saturated carbocycles. The Morgan fingerprint density at radius 1 is 1.29 bits per heavy atom. The minimum Gasteiger partial charge on any atom is -0.327 e. The lowest BCUT2D eigenvalue weighted by molar-refractivity contribution is 0.149. The van der Waals surface area contributed by atoms with E-state index in [9.17, 15) is 8.78 Å². The molecule has 1 aromatic carbocycles. The van der Waals surface area contributed by atoms with Gasteiger partial charge in [-0.25, -0.2) is 8.78 Å². The molecule has 0 unspecified atom stereocenters. The van der Waals surface area contributed by atoms with E-state index in [1.54, 1.807) is 24.3 Å². The first-order valence-corrected chi connectivity index (χ1v) is 4.46. The maximum absolute atomic E-state index is 12.2. The first-order valence-electron chi connectivity index (χ1n) is 4.46. The second kappa shape index (κ2) is 5.50. The standard InChI is InChI=1S/C11H13F2N/c12-11(13)8-10-5-2-1-4-9(10)6-3-7-14/h1-6,11H,7-8,14H2/b6-3+. The lowest BCUT2D eigenvalue weighted by atomic mass is 10.0. The van der Waals surface area contributed by atoms with Crippen LogP contribution in [-0.4, -0.2) is 13.0 Å². The van der Waals surface area contributed by atoms with Crippen molar-refractivity contribution in [2.45, 2.75) is 12.8 Å². The molecule has 1 rings (SSSR count). The molecule has 1 nitrogen and oxygen atoms in total. The summed E-state index contributed by atoms with van der Waals surface area (Å²) in [7, 11) is 0. The molecule has 0 saturated heterocycles. The largest absolute Gasteiger partial charge is 0.327 e.